The zero-order chi connectivity index (χ0) is 14.2. The van der Waals surface area contributed by atoms with Crippen LogP contribution in [-0.4, -0.2) is 40.9 Å². The summed E-state index contributed by atoms with van der Waals surface area (Å²) < 4.78 is 5.60. The number of hydrogen-bond acceptors (Lipinski definition) is 4. The summed E-state index contributed by atoms with van der Waals surface area (Å²) >= 11 is 1.48. The number of nitrogens with zero attached hydrogens (tertiary/aromatic N) is 2. The van der Waals surface area contributed by atoms with Crippen molar-refractivity contribution in [3.8, 4) is 0 Å². The van der Waals surface area contributed by atoms with E-state index in [9.17, 15) is 4.79 Å². The van der Waals surface area contributed by atoms with Gasteiger partial charge in [-0.25, -0.2) is 0 Å². The van der Waals surface area contributed by atoms with Gasteiger partial charge in [0.05, 0.1) is 16.8 Å². The highest BCUT2D eigenvalue weighted by Gasteiger charge is 2.34. The fraction of sp³-hybridized carbons (Fsp3) is 0.500. The first-order valence-electron chi connectivity index (χ1n) is 7.64. The van der Waals surface area contributed by atoms with Crippen LogP contribution >= 0.6 is 11.5 Å². The second-order valence-corrected chi connectivity index (χ2v) is 6.92. The third-order valence-corrected chi connectivity index (χ3v) is 5.65. The molecule has 1 amide bonds. The highest BCUT2D eigenvalue weighted by atomic mass is 32.1. The minimum absolute atomic E-state index is 0.116. The Balaban J connectivity index is 1.44. The van der Waals surface area contributed by atoms with E-state index in [0.29, 0.717) is 18.4 Å². The maximum Gasteiger partial charge on any atom is 0.226 e. The summed E-state index contributed by atoms with van der Waals surface area (Å²) in [6.45, 7) is 3.43. The Morgan fingerprint density at radius 2 is 2.14 bits per heavy atom. The molecule has 1 aromatic carbocycles. The fourth-order valence-electron chi connectivity index (χ4n) is 3.60. The predicted octanol–water partition coefficient (Wildman–Crippen LogP) is 2.05. The average molecular weight is 301 g/mol. The molecule has 5 heteroatoms. The van der Waals surface area contributed by atoms with Crippen molar-refractivity contribution >= 4 is 27.5 Å². The van der Waals surface area contributed by atoms with E-state index in [1.165, 1.54) is 37.5 Å². The summed E-state index contributed by atoms with van der Waals surface area (Å²) in [5.74, 6) is 0.788. The minimum Gasteiger partial charge on any atom is -0.351 e. The third kappa shape index (κ3) is 2.56. The highest BCUT2D eigenvalue weighted by molar-refractivity contribution is 7.13. The van der Waals surface area contributed by atoms with Gasteiger partial charge >= 0.3 is 0 Å². The van der Waals surface area contributed by atoms with Gasteiger partial charge in [-0.2, -0.15) is 4.37 Å². The number of hydrogen-bond donors (Lipinski definition) is 1. The second kappa shape index (κ2) is 5.39. The molecule has 0 saturated carbocycles. The van der Waals surface area contributed by atoms with Crippen LogP contribution in [0.2, 0.25) is 0 Å². The van der Waals surface area contributed by atoms with Crippen molar-refractivity contribution in [3.05, 3.63) is 30.0 Å². The highest BCUT2D eigenvalue weighted by Crippen LogP contribution is 2.28. The van der Waals surface area contributed by atoms with Crippen LogP contribution in [0.15, 0.2) is 24.3 Å². The molecule has 3 aliphatic heterocycles. The first kappa shape index (κ1) is 13.2. The Labute approximate surface area is 128 Å². The molecule has 3 aliphatic rings. The topological polar surface area (TPSA) is 45.2 Å². The molecular formula is C16H19N3OS. The van der Waals surface area contributed by atoms with E-state index in [2.05, 4.69) is 26.7 Å². The lowest BCUT2D eigenvalue weighted by Gasteiger charge is -2.44. The molecule has 0 aliphatic carbocycles. The summed E-state index contributed by atoms with van der Waals surface area (Å²) in [5, 5.41) is 4.35. The normalized spacial score (nSPS) is 27.9. The Bertz CT molecular complexity index is 660. The lowest BCUT2D eigenvalue weighted by Crippen LogP contribution is -2.57. The molecular weight excluding hydrogens is 282 g/mol. The first-order valence-corrected chi connectivity index (χ1v) is 8.42. The van der Waals surface area contributed by atoms with Crippen molar-refractivity contribution in [1.29, 1.82) is 0 Å². The van der Waals surface area contributed by atoms with E-state index < -0.39 is 0 Å². The van der Waals surface area contributed by atoms with Gasteiger partial charge in [0.25, 0.3) is 0 Å². The van der Waals surface area contributed by atoms with Crippen LogP contribution < -0.4 is 5.32 Å². The first-order chi connectivity index (χ1) is 10.3. The predicted molar refractivity (Wildman–Crippen MR) is 84.4 cm³/mol. The Kier molecular flexibility index (Phi) is 3.39. The molecule has 1 atom stereocenters. The number of piperidine rings is 3. The molecule has 1 unspecified atom stereocenters. The zero-order valence-corrected chi connectivity index (χ0v) is 12.7. The van der Waals surface area contributed by atoms with E-state index in [0.717, 1.165) is 22.3 Å². The number of rotatable bonds is 3. The summed E-state index contributed by atoms with van der Waals surface area (Å²) in [7, 11) is 0. The summed E-state index contributed by atoms with van der Waals surface area (Å²) in [6, 6.07) is 8.46. The Morgan fingerprint density at radius 1 is 1.33 bits per heavy atom. The van der Waals surface area contributed by atoms with E-state index in [-0.39, 0.29) is 5.91 Å². The van der Waals surface area contributed by atoms with Crippen LogP contribution in [0, 0.1) is 5.92 Å². The van der Waals surface area contributed by atoms with Gasteiger partial charge in [0.2, 0.25) is 5.91 Å². The quantitative estimate of drug-likeness (QED) is 0.944. The van der Waals surface area contributed by atoms with E-state index in [1.807, 2.05) is 12.1 Å². The van der Waals surface area contributed by atoms with Crippen molar-refractivity contribution < 1.29 is 4.79 Å². The maximum absolute atomic E-state index is 12.3. The second-order valence-electron chi connectivity index (χ2n) is 6.11. The number of benzene rings is 1. The number of nitrogens with one attached hydrogen (secondary N) is 1. The van der Waals surface area contributed by atoms with Crippen LogP contribution in [0.3, 0.4) is 0 Å². The molecule has 3 fully saturated rings. The van der Waals surface area contributed by atoms with Crippen molar-refractivity contribution in [2.45, 2.75) is 25.3 Å². The van der Waals surface area contributed by atoms with E-state index in [4.69, 9.17) is 0 Å². The number of carbonyl (C=O) groups excluding carboxylic acids is 1. The Hall–Kier alpha value is -1.46. The van der Waals surface area contributed by atoms with Crippen LogP contribution in [-0.2, 0) is 11.2 Å². The van der Waals surface area contributed by atoms with Crippen LogP contribution in [0.25, 0.3) is 10.1 Å². The fourth-order valence-corrected chi connectivity index (χ4v) is 4.40. The average Bonchev–Trinajstić information content (AvgIpc) is 2.92. The number of fused-ring (bicyclic) bond motifs is 4. The summed E-state index contributed by atoms with van der Waals surface area (Å²) in [6.07, 6.45) is 2.85. The van der Waals surface area contributed by atoms with Gasteiger partial charge in [0, 0.05) is 18.0 Å². The molecule has 5 rings (SSSR count). The zero-order valence-electron chi connectivity index (χ0n) is 11.9. The molecule has 2 aromatic rings. The smallest absolute Gasteiger partial charge is 0.226 e. The molecule has 4 heterocycles. The van der Waals surface area contributed by atoms with Gasteiger partial charge in [-0.3, -0.25) is 4.79 Å². The van der Waals surface area contributed by atoms with Crippen molar-refractivity contribution in [3.63, 3.8) is 0 Å². The number of aromatic nitrogens is 1. The molecule has 3 saturated heterocycles. The molecule has 1 N–H and O–H groups in total. The largest absolute Gasteiger partial charge is 0.351 e. The van der Waals surface area contributed by atoms with Crippen LogP contribution in [0.5, 0.6) is 0 Å². The molecule has 2 bridgehead atoms. The van der Waals surface area contributed by atoms with Gasteiger partial charge in [-0.15, -0.1) is 0 Å². The summed E-state index contributed by atoms with van der Waals surface area (Å²) in [4.78, 5) is 14.8. The SMILES string of the molecule is O=C(Cc1nsc2ccccc12)NC1CN2CCC1CC2. The lowest BCUT2D eigenvalue weighted by atomic mass is 9.84. The number of carbonyl (C=O) groups is 1. The van der Waals surface area contributed by atoms with E-state index in [1.54, 1.807) is 0 Å². The van der Waals surface area contributed by atoms with Gasteiger partial charge in [-0.05, 0) is 49.4 Å². The van der Waals surface area contributed by atoms with Crippen molar-refractivity contribution in [1.82, 2.24) is 14.6 Å². The van der Waals surface area contributed by atoms with Gasteiger partial charge in [0.15, 0.2) is 0 Å². The molecule has 21 heavy (non-hydrogen) atoms. The minimum atomic E-state index is 0.116. The molecule has 4 nitrogen and oxygen atoms in total. The Morgan fingerprint density at radius 3 is 2.90 bits per heavy atom. The van der Waals surface area contributed by atoms with Gasteiger partial charge in [-0.1, -0.05) is 18.2 Å². The van der Waals surface area contributed by atoms with Crippen LogP contribution in [0.1, 0.15) is 18.5 Å². The van der Waals surface area contributed by atoms with Gasteiger partial charge in [0.1, 0.15) is 0 Å². The molecule has 0 radical (unpaired) electrons. The van der Waals surface area contributed by atoms with Crippen LogP contribution in [0.4, 0.5) is 0 Å². The van der Waals surface area contributed by atoms with E-state index >= 15 is 0 Å². The number of amides is 1. The molecule has 0 spiro atoms. The van der Waals surface area contributed by atoms with Crippen molar-refractivity contribution in [2.75, 3.05) is 19.6 Å². The molecule has 110 valence electrons. The third-order valence-electron chi connectivity index (χ3n) is 4.78. The van der Waals surface area contributed by atoms with Gasteiger partial charge < -0.3 is 10.2 Å². The standard InChI is InChI=1S/C16H19N3OS/c20-16(17-14-10-19-7-5-11(14)6-8-19)9-13-12-3-1-2-4-15(12)21-18-13/h1-4,11,14H,5-10H2,(H,17,20). The maximum atomic E-state index is 12.3. The van der Waals surface area contributed by atoms with Crippen molar-refractivity contribution in [2.24, 2.45) is 5.92 Å². The monoisotopic (exact) mass is 301 g/mol. The lowest BCUT2D eigenvalue weighted by molar-refractivity contribution is -0.122. The summed E-state index contributed by atoms with van der Waals surface area (Å²) in [5.41, 5.74) is 0.911. The molecule has 1 aromatic heterocycles.